The van der Waals surface area contributed by atoms with Crippen LogP contribution >= 0.6 is 0 Å². The van der Waals surface area contributed by atoms with E-state index >= 15 is 0 Å². The average molecular weight is 290 g/mol. The van der Waals surface area contributed by atoms with Gasteiger partial charge in [0.15, 0.2) is 5.96 Å². The minimum absolute atomic E-state index is 0.0732. The maximum absolute atomic E-state index is 11.5. The van der Waals surface area contributed by atoms with Crippen LogP contribution in [0.5, 0.6) is 0 Å². The van der Waals surface area contributed by atoms with Crippen molar-refractivity contribution in [1.82, 2.24) is 16.0 Å². The molecule has 1 aromatic carbocycles. The van der Waals surface area contributed by atoms with Gasteiger partial charge in [0.2, 0.25) is 5.91 Å². The molecule has 0 aliphatic rings. The van der Waals surface area contributed by atoms with Crippen molar-refractivity contribution in [3.05, 3.63) is 35.9 Å². The molecule has 0 bridgehead atoms. The summed E-state index contributed by atoms with van der Waals surface area (Å²) < 4.78 is 0. The molecule has 0 atom stereocenters. The van der Waals surface area contributed by atoms with E-state index in [0.29, 0.717) is 13.0 Å². The van der Waals surface area contributed by atoms with Crippen LogP contribution in [0.25, 0.3) is 0 Å². The SMILES string of the molecule is CCCNC(=O)CCNC(=NC)NCCc1ccccc1. The second-order valence-electron chi connectivity index (χ2n) is 4.76. The molecule has 0 aliphatic heterocycles. The summed E-state index contributed by atoms with van der Waals surface area (Å²) in [6.07, 6.45) is 2.36. The third-order valence-electron chi connectivity index (χ3n) is 2.99. The highest BCUT2D eigenvalue weighted by Crippen LogP contribution is 1.97. The van der Waals surface area contributed by atoms with Crippen molar-refractivity contribution in [1.29, 1.82) is 0 Å². The van der Waals surface area contributed by atoms with Crippen molar-refractivity contribution in [3.63, 3.8) is 0 Å². The zero-order chi connectivity index (χ0) is 15.3. The van der Waals surface area contributed by atoms with Gasteiger partial charge in [-0.3, -0.25) is 9.79 Å². The molecular weight excluding hydrogens is 264 g/mol. The van der Waals surface area contributed by atoms with Crippen LogP contribution in [-0.2, 0) is 11.2 Å². The molecule has 0 radical (unpaired) electrons. The first-order chi connectivity index (χ1) is 10.3. The number of rotatable bonds is 8. The number of nitrogens with zero attached hydrogens (tertiary/aromatic N) is 1. The van der Waals surface area contributed by atoms with Crippen LogP contribution in [0.3, 0.4) is 0 Å². The van der Waals surface area contributed by atoms with Gasteiger partial charge in [-0.25, -0.2) is 0 Å². The fourth-order valence-electron chi connectivity index (χ4n) is 1.84. The Morgan fingerprint density at radius 1 is 1.05 bits per heavy atom. The fraction of sp³-hybridized carbons (Fsp3) is 0.500. The van der Waals surface area contributed by atoms with Crippen molar-refractivity contribution < 1.29 is 4.79 Å². The summed E-state index contributed by atoms with van der Waals surface area (Å²) in [5.74, 6) is 0.804. The maximum atomic E-state index is 11.5. The van der Waals surface area contributed by atoms with E-state index in [-0.39, 0.29) is 5.91 Å². The van der Waals surface area contributed by atoms with Crippen LogP contribution in [-0.4, -0.2) is 38.5 Å². The number of carbonyl (C=O) groups is 1. The van der Waals surface area contributed by atoms with Crippen molar-refractivity contribution in [2.75, 3.05) is 26.7 Å². The molecule has 1 aromatic rings. The zero-order valence-corrected chi connectivity index (χ0v) is 13.0. The summed E-state index contributed by atoms with van der Waals surface area (Å²) in [6, 6.07) is 10.3. The largest absolute Gasteiger partial charge is 0.356 e. The van der Waals surface area contributed by atoms with Crippen LogP contribution < -0.4 is 16.0 Å². The highest BCUT2D eigenvalue weighted by Gasteiger charge is 2.01. The Kier molecular flexibility index (Phi) is 8.68. The maximum Gasteiger partial charge on any atom is 0.221 e. The van der Waals surface area contributed by atoms with E-state index in [1.807, 2.05) is 25.1 Å². The highest BCUT2D eigenvalue weighted by molar-refractivity contribution is 5.81. The Balaban J connectivity index is 2.16. The molecule has 3 N–H and O–H groups in total. The molecule has 0 fully saturated rings. The third kappa shape index (κ3) is 7.97. The molecule has 0 saturated heterocycles. The molecule has 21 heavy (non-hydrogen) atoms. The molecule has 0 spiro atoms. The van der Waals surface area contributed by atoms with E-state index in [2.05, 4.69) is 33.1 Å². The number of aliphatic imine (C=N–C) groups is 1. The van der Waals surface area contributed by atoms with E-state index in [1.165, 1.54) is 5.56 Å². The summed E-state index contributed by atoms with van der Waals surface area (Å²) >= 11 is 0. The van der Waals surface area contributed by atoms with Crippen molar-refractivity contribution in [2.45, 2.75) is 26.2 Å². The van der Waals surface area contributed by atoms with E-state index < -0.39 is 0 Å². The van der Waals surface area contributed by atoms with Gasteiger partial charge in [-0.05, 0) is 18.4 Å². The van der Waals surface area contributed by atoms with Crippen molar-refractivity contribution in [3.8, 4) is 0 Å². The second-order valence-corrected chi connectivity index (χ2v) is 4.76. The first kappa shape index (κ1) is 17.0. The molecule has 0 unspecified atom stereocenters. The summed E-state index contributed by atoms with van der Waals surface area (Å²) in [6.45, 7) is 4.17. The normalized spacial score (nSPS) is 11.0. The molecular formula is C16H26N4O. The van der Waals surface area contributed by atoms with E-state index in [1.54, 1.807) is 7.05 Å². The van der Waals surface area contributed by atoms with Gasteiger partial charge in [-0.15, -0.1) is 0 Å². The van der Waals surface area contributed by atoms with Gasteiger partial charge in [0.25, 0.3) is 0 Å². The second kappa shape index (κ2) is 10.7. The van der Waals surface area contributed by atoms with E-state index in [0.717, 1.165) is 31.9 Å². The Hall–Kier alpha value is -2.04. The topological polar surface area (TPSA) is 65.5 Å². The minimum Gasteiger partial charge on any atom is -0.356 e. The monoisotopic (exact) mass is 290 g/mol. The number of hydrogen-bond acceptors (Lipinski definition) is 2. The Morgan fingerprint density at radius 3 is 2.43 bits per heavy atom. The minimum atomic E-state index is 0.0732. The molecule has 1 amide bonds. The number of hydrogen-bond donors (Lipinski definition) is 3. The standard InChI is InChI=1S/C16H26N4O/c1-3-11-18-15(21)10-13-20-16(17-2)19-12-9-14-7-5-4-6-8-14/h4-8H,3,9-13H2,1-2H3,(H,18,21)(H2,17,19,20). The summed E-state index contributed by atoms with van der Waals surface area (Å²) in [4.78, 5) is 15.6. The van der Waals surface area contributed by atoms with Crippen LogP contribution in [0.2, 0.25) is 0 Å². The molecule has 116 valence electrons. The van der Waals surface area contributed by atoms with Gasteiger partial charge in [0.1, 0.15) is 0 Å². The number of guanidine groups is 1. The lowest BCUT2D eigenvalue weighted by atomic mass is 10.1. The molecule has 0 aromatic heterocycles. The van der Waals surface area contributed by atoms with Gasteiger partial charge in [-0.2, -0.15) is 0 Å². The van der Waals surface area contributed by atoms with Gasteiger partial charge >= 0.3 is 0 Å². The van der Waals surface area contributed by atoms with Crippen molar-refractivity contribution >= 4 is 11.9 Å². The van der Waals surface area contributed by atoms with Gasteiger partial charge in [0.05, 0.1) is 0 Å². The fourth-order valence-corrected chi connectivity index (χ4v) is 1.84. The highest BCUT2D eigenvalue weighted by atomic mass is 16.1. The predicted octanol–water partition coefficient (Wildman–Crippen LogP) is 1.31. The molecule has 1 rings (SSSR count). The summed E-state index contributed by atoms with van der Waals surface area (Å²) in [5.41, 5.74) is 1.29. The van der Waals surface area contributed by atoms with Gasteiger partial charge in [-0.1, -0.05) is 37.3 Å². The summed E-state index contributed by atoms with van der Waals surface area (Å²) in [7, 11) is 1.73. The van der Waals surface area contributed by atoms with Crippen LogP contribution in [0.1, 0.15) is 25.3 Å². The Bertz CT molecular complexity index is 431. The first-order valence-electron chi connectivity index (χ1n) is 7.51. The zero-order valence-electron chi connectivity index (χ0n) is 13.0. The lowest BCUT2D eigenvalue weighted by molar-refractivity contribution is -0.120. The van der Waals surface area contributed by atoms with E-state index in [4.69, 9.17) is 0 Å². The van der Waals surface area contributed by atoms with Gasteiger partial charge < -0.3 is 16.0 Å². The van der Waals surface area contributed by atoms with Crippen LogP contribution in [0.15, 0.2) is 35.3 Å². The van der Waals surface area contributed by atoms with Crippen LogP contribution in [0.4, 0.5) is 0 Å². The first-order valence-corrected chi connectivity index (χ1v) is 7.51. The van der Waals surface area contributed by atoms with Crippen LogP contribution in [0, 0.1) is 0 Å². The molecule has 5 heteroatoms. The summed E-state index contributed by atoms with van der Waals surface area (Å²) in [5, 5.41) is 9.23. The average Bonchev–Trinajstić information content (AvgIpc) is 2.52. The van der Waals surface area contributed by atoms with E-state index in [9.17, 15) is 4.79 Å². The number of benzene rings is 1. The smallest absolute Gasteiger partial charge is 0.221 e. The van der Waals surface area contributed by atoms with Gasteiger partial charge in [0, 0.05) is 33.1 Å². The number of nitrogens with one attached hydrogen (secondary N) is 3. The number of carbonyl (C=O) groups excluding carboxylic acids is 1. The Morgan fingerprint density at radius 2 is 1.76 bits per heavy atom. The molecule has 0 aliphatic carbocycles. The third-order valence-corrected chi connectivity index (χ3v) is 2.99. The predicted molar refractivity (Wildman–Crippen MR) is 87.4 cm³/mol. The molecule has 5 nitrogen and oxygen atoms in total. The Labute approximate surface area is 127 Å². The molecule has 0 saturated carbocycles. The lowest BCUT2D eigenvalue weighted by Crippen LogP contribution is -2.40. The lowest BCUT2D eigenvalue weighted by Gasteiger charge is -2.11. The number of amides is 1. The van der Waals surface area contributed by atoms with Crippen molar-refractivity contribution in [2.24, 2.45) is 4.99 Å². The quantitative estimate of drug-likeness (QED) is 0.499. The molecule has 0 heterocycles.